The number of aromatic nitrogens is 1. The molecule has 3 aromatic rings. The number of benzene rings is 2. The monoisotopic (exact) mass is 495 g/mol. The van der Waals surface area contributed by atoms with Gasteiger partial charge < -0.3 is 13.9 Å². The standard InChI is InChI=1S/C13H7I2NO4/c14-6-5-8(17)10(15)12-11(6)19-9-4-2-1-3-7(9)16-13(18)20-12/h1-5,17H,(H,16,18). The van der Waals surface area contributed by atoms with Crippen molar-refractivity contribution in [2.45, 2.75) is 0 Å². The summed E-state index contributed by atoms with van der Waals surface area (Å²) in [4.78, 5) is 14.5. The number of phenols is 1. The van der Waals surface area contributed by atoms with Crippen molar-refractivity contribution in [1.29, 1.82) is 0 Å². The Bertz CT molecular complexity index is 921. The number of hydrogen-bond donors (Lipinski definition) is 2. The average molecular weight is 495 g/mol. The topological polar surface area (TPSA) is 79.4 Å². The first kappa shape index (κ1) is 13.7. The maximum atomic E-state index is 11.9. The van der Waals surface area contributed by atoms with Gasteiger partial charge in [-0.3, -0.25) is 4.98 Å². The number of aromatic hydroxyl groups is 1. The van der Waals surface area contributed by atoms with Crippen LogP contribution in [0.15, 0.2) is 44.0 Å². The van der Waals surface area contributed by atoms with Gasteiger partial charge in [0.05, 0.1) is 9.09 Å². The zero-order chi connectivity index (χ0) is 14.3. The number of halogens is 2. The quantitative estimate of drug-likeness (QED) is 0.464. The molecule has 0 bridgehead atoms. The van der Waals surface area contributed by atoms with E-state index in [0.29, 0.717) is 23.8 Å². The molecule has 0 unspecified atom stereocenters. The van der Waals surface area contributed by atoms with Gasteiger partial charge in [0.1, 0.15) is 9.32 Å². The zero-order valence-electron chi connectivity index (χ0n) is 9.81. The molecular weight excluding hydrogens is 488 g/mol. The molecule has 2 N–H and O–H groups in total. The Hall–Kier alpha value is -1.23. The lowest BCUT2D eigenvalue weighted by atomic mass is 10.3. The first-order valence-electron chi connectivity index (χ1n) is 5.53. The van der Waals surface area contributed by atoms with E-state index in [0.717, 1.165) is 0 Å². The van der Waals surface area contributed by atoms with Gasteiger partial charge in [-0.05, 0) is 63.4 Å². The highest BCUT2D eigenvalue weighted by molar-refractivity contribution is 14.1. The largest absolute Gasteiger partial charge is 0.507 e. The van der Waals surface area contributed by atoms with Crippen molar-refractivity contribution < 1.29 is 13.9 Å². The van der Waals surface area contributed by atoms with Crippen LogP contribution in [0.5, 0.6) is 5.75 Å². The summed E-state index contributed by atoms with van der Waals surface area (Å²) in [6.45, 7) is 0. The van der Waals surface area contributed by atoms with E-state index in [4.69, 9.17) is 8.83 Å². The number of hydrogen-bond acceptors (Lipinski definition) is 4. The summed E-state index contributed by atoms with van der Waals surface area (Å²) in [5.74, 6) is -0.583. The number of rotatable bonds is 0. The third kappa shape index (κ3) is 2.39. The van der Waals surface area contributed by atoms with Gasteiger partial charge in [-0.15, -0.1) is 0 Å². The predicted octanol–water partition coefficient (Wildman–Crippen LogP) is 3.91. The zero-order valence-corrected chi connectivity index (χ0v) is 14.1. The molecule has 0 saturated carbocycles. The second-order valence-electron chi connectivity index (χ2n) is 3.96. The number of phenolic OH excluding ortho intramolecular Hbond substituents is 1. The fraction of sp³-hybridized carbons (Fsp3) is 0. The first-order chi connectivity index (χ1) is 9.56. The van der Waals surface area contributed by atoms with Crippen molar-refractivity contribution in [2.24, 2.45) is 0 Å². The molecule has 7 heteroatoms. The van der Waals surface area contributed by atoms with Crippen molar-refractivity contribution in [1.82, 2.24) is 4.98 Å². The molecule has 1 heterocycles. The van der Waals surface area contributed by atoms with E-state index in [9.17, 15) is 9.90 Å². The van der Waals surface area contributed by atoms with Gasteiger partial charge in [-0.2, -0.15) is 0 Å². The van der Waals surface area contributed by atoms with E-state index in [-0.39, 0.29) is 11.3 Å². The molecule has 1 aromatic heterocycles. The predicted molar refractivity (Wildman–Crippen MR) is 91.3 cm³/mol. The molecule has 20 heavy (non-hydrogen) atoms. The van der Waals surface area contributed by atoms with Crippen LogP contribution in [0.25, 0.3) is 22.3 Å². The van der Waals surface area contributed by atoms with E-state index in [1.165, 1.54) is 0 Å². The number of H-pyrrole nitrogens is 1. The Morgan fingerprint density at radius 2 is 1.85 bits per heavy atom. The number of fused-ring (bicyclic) bond motifs is 2. The summed E-state index contributed by atoms with van der Waals surface area (Å²) >= 11 is 3.93. The van der Waals surface area contributed by atoms with Gasteiger partial charge in [-0.25, -0.2) is 4.79 Å². The molecule has 0 atom stereocenters. The summed E-state index contributed by atoms with van der Waals surface area (Å²) < 4.78 is 12.1. The number of nitrogens with one attached hydrogen (secondary N) is 1. The van der Waals surface area contributed by atoms with Gasteiger partial charge >= 0.3 is 5.76 Å². The maximum absolute atomic E-state index is 11.9. The van der Waals surface area contributed by atoms with E-state index >= 15 is 0 Å². The minimum Gasteiger partial charge on any atom is -0.507 e. The van der Waals surface area contributed by atoms with Crippen LogP contribution in [0.1, 0.15) is 0 Å². The molecule has 2 aromatic carbocycles. The van der Waals surface area contributed by atoms with E-state index < -0.39 is 5.76 Å². The van der Waals surface area contributed by atoms with Crippen molar-refractivity contribution in [3.05, 3.63) is 48.0 Å². The second kappa shape index (κ2) is 5.28. The van der Waals surface area contributed by atoms with E-state index in [1.54, 1.807) is 24.3 Å². The highest BCUT2D eigenvalue weighted by Crippen LogP contribution is 2.32. The Morgan fingerprint density at radius 1 is 1.10 bits per heavy atom. The van der Waals surface area contributed by atoms with Gasteiger partial charge in [0.15, 0.2) is 16.7 Å². The lowest BCUT2D eigenvalue weighted by Crippen LogP contribution is -2.01. The Morgan fingerprint density at radius 3 is 2.65 bits per heavy atom. The summed E-state index contributed by atoms with van der Waals surface area (Å²) in [7, 11) is 0. The summed E-state index contributed by atoms with van der Waals surface area (Å²) in [5.41, 5.74) is 1.67. The smallest absolute Gasteiger partial charge is 0.417 e. The summed E-state index contributed by atoms with van der Waals surface area (Å²) in [6.07, 6.45) is 0. The van der Waals surface area contributed by atoms with Crippen LogP contribution in [0.2, 0.25) is 0 Å². The molecule has 0 aliphatic carbocycles. The van der Waals surface area contributed by atoms with Crippen LogP contribution >= 0.6 is 45.2 Å². The van der Waals surface area contributed by atoms with Crippen LogP contribution in [-0.4, -0.2) is 10.1 Å². The fourth-order valence-corrected chi connectivity index (χ4v) is 2.92. The molecule has 0 aliphatic heterocycles. The van der Waals surface area contributed by atoms with Crippen molar-refractivity contribution in [3.8, 4) is 5.75 Å². The molecule has 0 radical (unpaired) electrons. The molecule has 0 amide bonds. The Kier molecular flexibility index (Phi) is 3.63. The third-order valence-corrected chi connectivity index (χ3v) is 4.49. The summed E-state index contributed by atoms with van der Waals surface area (Å²) in [5, 5.41) is 9.82. The number of aromatic amines is 1. The fourth-order valence-electron chi connectivity index (χ4n) is 1.76. The number of para-hydroxylation sites is 2. The van der Waals surface area contributed by atoms with E-state index in [1.807, 2.05) is 51.2 Å². The normalized spacial score (nSPS) is 10.9. The molecule has 102 valence electrons. The van der Waals surface area contributed by atoms with Gasteiger partial charge in [-0.1, -0.05) is 12.1 Å². The van der Waals surface area contributed by atoms with Gasteiger partial charge in [0.2, 0.25) is 0 Å². The van der Waals surface area contributed by atoms with Crippen LogP contribution in [0, 0.1) is 7.14 Å². The maximum Gasteiger partial charge on any atom is 0.417 e. The van der Waals surface area contributed by atoms with E-state index in [2.05, 4.69) is 4.98 Å². The van der Waals surface area contributed by atoms with Crippen LogP contribution in [0.3, 0.4) is 0 Å². The minimum atomic E-state index is -0.624. The Balaban J connectivity index is 2.65. The lowest BCUT2D eigenvalue weighted by molar-refractivity contribution is 0.465. The second-order valence-corrected chi connectivity index (χ2v) is 6.20. The lowest BCUT2D eigenvalue weighted by Gasteiger charge is -2.03. The minimum absolute atomic E-state index is 0.0407. The molecule has 0 spiro atoms. The van der Waals surface area contributed by atoms with Crippen molar-refractivity contribution in [2.75, 3.05) is 0 Å². The SMILES string of the molecule is O=c1[nH]c2ccccc2oc2c(I)cc(O)c(I)c2o1. The van der Waals surface area contributed by atoms with Crippen molar-refractivity contribution >= 4 is 67.4 Å². The van der Waals surface area contributed by atoms with Crippen LogP contribution in [-0.2, 0) is 0 Å². The summed E-state index contributed by atoms with van der Waals surface area (Å²) in [6, 6.07) is 8.63. The van der Waals surface area contributed by atoms with Gasteiger partial charge in [0.25, 0.3) is 0 Å². The molecule has 0 aliphatic rings. The molecule has 5 nitrogen and oxygen atoms in total. The van der Waals surface area contributed by atoms with Crippen molar-refractivity contribution in [3.63, 3.8) is 0 Å². The third-order valence-electron chi connectivity index (χ3n) is 2.64. The molecular formula is C13H7I2NO4. The van der Waals surface area contributed by atoms with Gasteiger partial charge in [0, 0.05) is 0 Å². The molecule has 3 rings (SSSR count). The van der Waals surface area contributed by atoms with Crippen LogP contribution < -0.4 is 5.76 Å². The highest BCUT2D eigenvalue weighted by atomic mass is 127. The average Bonchev–Trinajstić information content (AvgIpc) is 2.39. The molecule has 0 fully saturated rings. The van der Waals surface area contributed by atoms with Crippen LogP contribution in [0.4, 0.5) is 0 Å². The Labute approximate surface area is 139 Å². The highest BCUT2D eigenvalue weighted by Gasteiger charge is 2.12. The first-order valence-corrected chi connectivity index (χ1v) is 7.68. The molecule has 0 saturated heterocycles.